The van der Waals surface area contributed by atoms with Gasteiger partial charge in [-0.1, -0.05) is 48.5 Å². The highest BCUT2D eigenvalue weighted by atomic mass is 32.2. The molecule has 1 aliphatic rings. The molecular weight excluding hydrogens is 400 g/mol. The highest BCUT2D eigenvalue weighted by Gasteiger charge is 2.34. The Morgan fingerprint density at radius 1 is 1.03 bits per heavy atom. The summed E-state index contributed by atoms with van der Waals surface area (Å²) in [5.41, 5.74) is 2.04. The molecule has 0 bridgehead atoms. The topological polar surface area (TPSA) is 84.3 Å². The number of nitrogens with zero attached hydrogens (tertiary/aromatic N) is 3. The van der Waals surface area contributed by atoms with Crippen LogP contribution in [0.3, 0.4) is 0 Å². The van der Waals surface area contributed by atoms with Crippen LogP contribution in [0.25, 0.3) is 11.8 Å². The molecule has 3 aromatic rings. The minimum absolute atomic E-state index is 0.0992. The number of rotatable bonds is 6. The van der Waals surface area contributed by atoms with Crippen molar-refractivity contribution in [2.45, 2.75) is 0 Å². The van der Waals surface area contributed by atoms with E-state index in [4.69, 9.17) is 0 Å². The second-order valence-corrected chi connectivity index (χ2v) is 7.48. The number of carbonyl (C=O) groups is 3. The summed E-state index contributed by atoms with van der Waals surface area (Å²) >= 11 is 0.905. The first kappa shape index (κ1) is 19.7. The summed E-state index contributed by atoms with van der Waals surface area (Å²) in [6, 6.07) is 18.7. The average molecular weight is 418 g/mol. The number of imidazole rings is 1. The van der Waals surface area contributed by atoms with Gasteiger partial charge in [0.1, 0.15) is 5.69 Å². The van der Waals surface area contributed by atoms with Gasteiger partial charge in [0.25, 0.3) is 17.1 Å². The number of aromatic nitrogens is 2. The van der Waals surface area contributed by atoms with Gasteiger partial charge in [0.05, 0.1) is 17.4 Å². The summed E-state index contributed by atoms with van der Waals surface area (Å²) in [6.07, 6.45) is 4.74. The third kappa shape index (κ3) is 4.18. The molecule has 1 aliphatic heterocycles. The van der Waals surface area contributed by atoms with Crippen LogP contribution in [0.4, 0.5) is 4.79 Å². The number of imide groups is 1. The van der Waals surface area contributed by atoms with Crippen LogP contribution in [0, 0.1) is 0 Å². The minimum Gasteiger partial charge on any atom is -0.349 e. The predicted molar refractivity (Wildman–Crippen MR) is 115 cm³/mol. The van der Waals surface area contributed by atoms with Crippen LogP contribution in [-0.4, -0.2) is 44.6 Å². The quantitative estimate of drug-likeness (QED) is 0.621. The Balaban J connectivity index is 1.38. The largest absolute Gasteiger partial charge is 0.349 e. The molecule has 1 aromatic heterocycles. The average Bonchev–Trinajstić information content (AvgIpc) is 3.36. The van der Waals surface area contributed by atoms with Crippen molar-refractivity contribution in [3.8, 4) is 5.69 Å². The van der Waals surface area contributed by atoms with Gasteiger partial charge in [-0.2, -0.15) is 0 Å². The highest BCUT2D eigenvalue weighted by Crippen LogP contribution is 2.31. The molecular formula is C22H18N4O3S. The van der Waals surface area contributed by atoms with E-state index >= 15 is 0 Å². The molecule has 2 aromatic carbocycles. The fraction of sp³-hybridized carbons (Fsp3) is 0.0909. The first-order valence-corrected chi connectivity index (χ1v) is 10.1. The number of hydrogen-bond donors (Lipinski definition) is 1. The lowest BCUT2D eigenvalue weighted by molar-refractivity contribution is -0.122. The number of thioether (sulfide) groups is 1. The molecule has 1 saturated heterocycles. The van der Waals surface area contributed by atoms with Crippen LogP contribution in [0.1, 0.15) is 16.1 Å². The van der Waals surface area contributed by atoms with Gasteiger partial charge in [0.15, 0.2) is 0 Å². The van der Waals surface area contributed by atoms with Crippen molar-refractivity contribution >= 4 is 34.9 Å². The van der Waals surface area contributed by atoms with E-state index in [1.165, 1.54) is 6.20 Å². The number of benzene rings is 2. The molecule has 0 unspecified atom stereocenters. The molecule has 0 saturated carbocycles. The lowest BCUT2D eigenvalue weighted by Gasteiger charge is -2.13. The molecule has 8 heteroatoms. The van der Waals surface area contributed by atoms with Gasteiger partial charge in [-0.05, 0) is 35.5 Å². The fourth-order valence-corrected chi connectivity index (χ4v) is 3.89. The molecule has 0 aliphatic carbocycles. The third-order valence-corrected chi connectivity index (χ3v) is 5.40. The normalized spacial score (nSPS) is 15.1. The van der Waals surface area contributed by atoms with E-state index in [2.05, 4.69) is 10.3 Å². The van der Waals surface area contributed by atoms with Crippen LogP contribution in [0.15, 0.2) is 78.1 Å². The molecule has 3 amide bonds. The van der Waals surface area contributed by atoms with Crippen molar-refractivity contribution in [3.63, 3.8) is 0 Å². The van der Waals surface area contributed by atoms with Crippen molar-refractivity contribution in [1.29, 1.82) is 0 Å². The van der Waals surface area contributed by atoms with E-state index in [1.54, 1.807) is 17.0 Å². The monoisotopic (exact) mass is 418 g/mol. The number of carbonyl (C=O) groups excluding carboxylic acids is 3. The summed E-state index contributed by atoms with van der Waals surface area (Å²) in [5.74, 6) is -0.680. The Hall–Kier alpha value is -3.65. The molecule has 4 rings (SSSR count). The number of nitrogens with one attached hydrogen (secondary N) is 1. The highest BCUT2D eigenvalue weighted by molar-refractivity contribution is 8.18. The summed E-state index contributed by atoms with van der Waals surface area (Å²) in [4.78, 5) is 42.9. The van der Waals surface area contributed by atoms with Crippen molar-refractivity contribution in [2.24, 2.45) is 0 Å². The zero-order valence-electron chi connectivity index (χ0n) is 15.9. The van der Waals surface area contributed by atoms with Gasteiger partial charge in [-0.3, -0.25) is 23.9 Å². The summed E-state index contributed by atoms with van der Waals surface area (Å²) in [7, 11) is 0. The molecule has 1 N–H and O–H groups in total. The van der Waals surface area contributed by atoms with Gasteiger partial charge in [-0.15, -0.1) is 0 Å². The van der Waals surface area contributed by atoms with Gasteiger partial charge in [0.2, 0.25) is 0 Å². The number of amides is 3. The first-order chi connectivity index (χ1) is 14.6. The van der Waals surface area contributed by atoms with E-state index < -0.39 is 0 Å². The van der Waals surface area contributed by atoms with Gasteiger partial charge in [0, 0.05) is 18.8 Å². The fourth-order valence-electron chi connectivity index (χ4n) is 3.02. The Kier molecular flexibility index (Phi) is 5.76. The van der Waals surface area contributed by atoms with E-state index in [0.717, 1.165) is 27.9 Å². The summed E-state index contributed by atoms with van der Waals surface area (Å²) in [5, 5.41) is 2.41. The van der Waals surface area contributed by atoms with Gasteiger partial charge < -0.3 is 5.32 Å². The first-order valence-electron chi connectivity index (χ1n) is 9.30. The summed E-state index contributed by atoms with van der Waals surface area (Å²) < 4.78 is 1.68. The zero-order valence-corrected chi connectivity index (χ0v) is 16.7. The van der Waals surface area contributed by atoms with Crippen molar-refractivity contribution in [3.05, 3.63) is 89.4 Å². The molecule has 1 fully saturated rings. The maximum absolute atomic E-state index is 12.6. The van der Waals surface area contributed by atoms with Crippen LogP contribution >= 0.6 is 11.8 Å². The third-order valence-electron chi connectivity index (χ3n) is 4.50. The molecule has 0 spiro atoms. The van der Waals surface area contributed by atoms with Crippen LogP contribution in [0.2, 0.25) is 0 Å². The molecule has 150 valence electrons. The van der Waals surface area contributed by atoms with E-state index in [1.807, 2.05) is 60.7 Å². The SMILES string of the molecule is O=C(NCCN1C(=O)S/C(=C\c2ccccc2)C1=O)c1cncn1-c1ccccc1. The standard InChI is InChI=1S/C22H18N4O3S/c27-20(18-14-23-15-26(18)17-9-5-2-6-10-17)24-11-12-25-21(28)19(30-22(25)29)13-16-7-3-1-4-8-16/h1-10,13-15H,11-12H2,(H,24,27)/b19-13-. The van der Waals surface area contributed by atoms with Crippen LogP contribution in [-0.2, 0) is 4.79 Å². The van der Waals surface area contributed by atoms with Crippen LogP contribution < -0.4 is 5.32 Å². The molecule has 30 heavy (non-hydrogen) atoms. The van der Waals surface area contributed by atoms with Gasteiger partial charge in [-0.25, -0.2) is 4.98 Å². The Bertz CT molecular complexity index is 1110. The zero-order chi connectivity index (χ0) is 20.9. The number of para-hydroxylation sites is 1. The minimum atomic E-state index is -0.350. The van der Waals surface area contributed by atoms with E-state index in [-0.39, 0.29) is 30.1 Å². The van der Waals surface area contributed by atoms with Crippen molar-refractivity contribution in [2.75, 3.05) is 13.1 Å². The Labute approximate surface area is 177 Å². The molecule has 7 nitrogen and oxygen atoms in total. The van der Waals surface area contributed by atoms with Crippen LogP contribution in [0.5, 0.6) is 0 Å². The Morgan fingerprint density at radius 2 is 1.73 bits per heavy atom. The molecule has 0 radical (unpaired) electrons. The van der Waals surface area contributed by atoms with Crippen molar-refractivity contribution < 1.29 is 14.4 Å². The smallest absolute Gasteiger partial charge is 0.293 e. The van der Waals surface area contributed by atoms with Crippen molar-refractivity contribution in [1.82, 2.24) is 19.8 Å². The van der Waals surface area contributed by atoms with E-state index in [0.29, 0.717) is 10.6 Å². The second-order valence-electron chi connectivity index (χ2n) is 6.48. The lowest BCUT2D eigenvalue weighted by Crippen LogP contribution is -2.37. The van der Waals surface area contributed by atoms with E-state index in [9.17, 15) is 14.4 Å². The Morgan fingerprint density at radius 3 is 2.47 bits per heavy atom. The lowest BCUT2D eigenvalue weighted by atomic mass is 10.2. The second kappa shape index (κ2) is 8.79. The molecule has 0 atom stereocenters. The molecule has 2 heterocycles. The predicted octanol–water partition coefficient (Wildman–Crippen LogP) is 3.34. The number of hydrogen-bond acceptors (Lipinski definition) is 5. The van der Waals surface area contributed by atoms with Gasteiger partial charge >= 0.3 is 0 Å². The maximum Gasteiger partial charge on any atom is 0.293 e. The maximum atomic E-state index is 12.6. The summed E-state index contributed by atoms with van der Waals surface area (Å²) in [6.45, 7) is 0.247.